The number of benzene rings is 6. The van der Waals surface area contributed by atoms with Crippen LogP contribution in [0.3, 0.4) is 0 Å². The van der Waals surface area contributed by atoms with Crippen LogP contribution >= 0.6 is 0 Å². The third-order valence-electron chi connectivity index (χ3n) is 9.67. The smallest absolute Gasteiger partial charge is 0.151 e. The molecule has 4 heterocycles. The van der Waals surface area contributed by atoms with E-state index in [4.69, 9.17) is 9.47 Å². The Balaban J connectivity index is 1.16. The van der Waals surface area contributed by atoms with Crippen LogP contribution < -0.4 is 19.3 Å². The standard InChI is InChI=1S/C46H30N4O2/c1-3-15-37(49-39-17-5-9-21-43(39)51-44-22-10-6-18-40(44)49)33(13-1)31-25-27-47-29-35(31)36-30-48-28-26-32(36)34-14-2-4-16-38(34)50-41-19-7-11-23-45(41)52-46-24-12-8-20-42(46)50/h1-30H. The van der Waals surface area contributed by atoms with Gasteiger partial charge >= 0.3 is 0 Å². The fourth-order valence-electron chi connectivity index (χ4n) is 7.41. The van der Waals surface area contributed by atoms with Crippen LogP contribution in [0.5, 0.6) is 23.0 Å². The van der Waals surface area contributed by atoms with Crippen LogP contribution in [-0.2, 0) is 0 Å². The second-order valence-corrected chi connectivity index (χ2v) is 12.6. The molecule has 6 aromatic carbocycles. The summed E-state index contributed by atoms with van der Waals surface area (Å²) in [7, 11) is 0. The SMILES string of the molecule is c1ccc2c(c1)Oc1ccccc1N2c1ccccc1-c1ccncc1-c1cnccc1-c1ccccc1N1c2ccccc2Oc2ccccc21. The molecule has 0 bridgehead atoms. The van der Waals surface area contributed by atoms with Gasteiger partial charge in [0, 0.05) is 47.0 Å². The normalized spacial score (nSPS) is 12.5. The van der Waals surface area contributed by atoms with E-state index in [1.54, 1.807) is 0 Å². The first-order valence-corrected chi connectivity index (χ1v) is 17.2. The summed E-state index contributed by atoms with van der Waals surface area (Å²) in [6.07, 6.45) is 7.64. The summed E-state index contributed by atoms with van der Waals surface area (Å²) in [5, 5.41) is 0. The Labute approximate surface area is 301 Å². The molecule has 2 aliphatic rings. The highest BCUT2D eigenvalue weighted by molar-refractivity contribution is 6.01. The molecule has 246 valence electrons. The second kappa shape index (κ2) is 12.3. The highest BCUT2D eigenvalue weighted by atomic mass is 16.5. The van der Waals surface area contributed by atoms with Crippen molar-refractivity contribution in [3.8, 4) is 56.4 Å². The minimum absolute atomic E-state index is 0.809. The van der Waals surface area contributed by atoms with Crippen molar-refractivity contribution in [3.05, 3.63) is 183 Å². The lowest BCUT2D eigenvalue weighted by molar-refractivity contribution is 0.477. The van der Waals surface area contributed by atoms with Crippen LogP contribution in [0.15, 0.2) is 183 Å². The van der Waals surface area contributed by atoms with Crippen molar-refractivity contribution >= 4 is 34.1 Å². The average molecular weight is 671 g/mol. The van der Waals surface area contributed by atoms with E-state index < -0.39 is 0 Å². The van der Waals surface area contributed by atoms with Gasteiger partial charge in [0.15, 0.2) is 23.0 Å². The van der Waals surface area contributed by atoms with Crippen LogP contribution in [-0.4, -0.2) is 9.97 Å². The highest BCUT2D eigenvalue weighted by Crippen LogP contribution is 2.55. The lowest BCUT2D eigenvalue weighted by Gasteiger charge is -2.34. The topological polar surface area (TPSA) is 50.7 Å². The van der Waals surface area contributed by atoms with Crippen molar-refractivity contribution in [1.29, 1.82) is 0 Å². The molecule has 0 saturated heterocycles. The van der Waals surface area contributed by atoms with Crippen LogP contribution in [0.4, 0.5) is 34.1 Å². The molecule has 0 radical (unpaired) electrons. The fourth-order valence-corrected chi connectivity index (χ4v) is 7.41. The van der Waals surface area contributed by atoms with Gasteiger partial charge in [-0.15, -0.1) is 0 Å². The number of pyridine rings is 2. The number of ether oxygens (including phenoxy) is 2. The molecular formula is C46H30N4O2. The molecule has 0 aliphatic carbocycles. The summed E-state index contributed by atoms with van der Waals surface area (Å²) in [6, 6.07) is 54.0. The summed E-state index contributed by atoms with van der Waals surface area (Å²) in [5.41, 5.74) is 12.1. The van der Waals surface area contributed by atoms with Crippen molar-refractivity contribution in [1.82, 2.24) is 9.97 Å². The monoisotopic (exact) mass is 670 g/mol. The molecule has 0 unspecified atom stereocenters. The van der Waals surface area contributed by atoms with Gasteiger partial charge in [-0.3, -0.25) is 9.97 Å². The van der Waals surface area contributed by atoms with Crippen molar-refractivity contribution in [2.24, 2.45) is 0 Å². The summed E-state index contributed by atoms with van der Waals surface area (Å²) in [5.74, 6) is 3.23. The fraction of sp³-hybridized carbons (Fsp3) is 0. The van der Waals surface area contributed by atoms with Gasteiger partial charge in [0.1, 0.15) is 0 Å². The highest BCUT2D eigenvalue weighted by Gasteiger charge is 2.30. The van der Waals surface area contributed by atoms with E-state index in [-0.39, 0.29) is 0 Å². The minimum atomic E-state index is 0.809. The molecule has 6 nitrogen and oxygen atoms in total. The van der Waals surface area contributed by atoms with Gasteiger partial charge < -0.3 is 19.3 Å². The maximum absolute atomic E-state index is 6.37. The summed E-state index contributed by atoms with van der Waals surface area (Å²) >= 11 is 0. The van der Waals surface area contributed by atoms with E-state index in [0.29, 0.717) is 0 Å². The van der Waals surface area contributed by atoms with Crippen LogP contribution in [0.2, 0.25) is 0 Å². The van der Waals surface area contributed by atoms with Crippen molar-refractivity contribution in [3.63, 3.8) is 0 Å². The molecule has 0 fully saturated rings. The number of para-hydroxylation sites is 10. The first kappa shape index (κ1) is 29.7. The molecule has 0 N–H and O–H groups in total. The lowest BCUT2D eigenvalue weighted by Crippen LogP contribution is -2.16. The van der Waals surface area contributed by atoms with Crippen molar-refractivity contribution in [2.75, 3.05) is 9.80 Å². The number of fused-ring (bicyclic) bond motifs is 4. The number of anilines is 6. The van der Waals surface area contributed by atoms with Gasteiger partial charge in [-0.05, 0) is 83.9 Å². The molecule has 2 aromatic heterocycles. The number of aromatic nitrogens is 2. The van der Waals surface area contributed by atoms with E-state index in [9.17, 15) is 0 Å². The largest absolute Gasteiger partial charge is 0.453 e. The molecule has 2 aliphatic heterocycles. The zero-order valence-electron chi connectivity index (χ0n) is 27.9. The molecule has 8 aromatic rings. The first-order chi connectivity index (χ1) is 25.8. The Morgan fingerprint density at radius 3 is 0.962 bits per heavy atom. The maximum Gasteiger partial charge on any atom is 0.151 e. The average Bonchev–Trinajstić information content (AvgIpc) is 3.22. The van der Waals surface area contributed by atoms with E-state index in [0.717, 1.165) is 90.5 Å². The quantitative estimate of drug-likeness (QED) is 0.182. The lowest BCUT2D eigenvalue weighted by atomic mass is 9.90. The molecule has 52 heavy (non-hydrogen) atoms. The molecule has 0 atom stereocenters. The predicted octanol–water partition coefficient (Wildman–Crippen LogP) is 12.6. The Morgan fingerprint density at radius 2 is 0.596 bits per heavy atom. The van der Waals surface area contributed by atoms with E-state index in [1.807, 2.05) is 97.6 Å². The van der Waals surface area contributed by atoms with Gasteiger partial charge in [0.25, 0.3) is 0 Å². The Bertz CT molecular complexity index is 2360. The van der Waals surface area contributed by atoms with Gasteiger partial charge in [0.05, 0.1) is 34.1 Å². The third kappa shape index (κ3) is 4.81. The van der Waals surface area contributed by atoms with Crippen LogP contribution in [0.25, 0.3) is 33.4 Å². The zero-order chi connectivity index (χ0) is 34.4. The Hall–Kier alpha value is -7.18. The minimum Gasteiger partial charge on any atom is -0.453 e. The van der Waals surface area contributed by atoms with Crippen molar-refractivity contribution in [2.45, 2.75) is 0 Å². The van der Waals surface area contributed by atoms with Gasteiger partial charge in [-0.1, -0.05) is 84.9 Å². The summed E-state index contributed by atoms with van der Waals surface area (Å²) in [6.45, 7) is 0. The first-order valence-electron chi connectivity index (χ1n) is 17.2. The van der Waals surface area contributed by atoms with Gasteiger partial charge in [-0.25, -0.2) is 0 Å². The van der Waals surface area contributed by atoms with E-state index in [2.05, 4.69) is 105 Å². The number of rotatable bonds is 5. The Morgan fingerprint density at radius 1 is 0.288 bits per heavy atom. The number of hydrogen-bond donors (Lipinski definition) is 0. The van der Waals surface area contributed by atoms with E-state index >= 15 is 0 Å². The number of hydrogen-bond acceptors (Lipinski definition) is 6. The molecule has 0 spiro atoms. The number of nitrogens with zero attached hydrogens (tertiary/aromatic N) is 4. The van der Waals surface area contributed by atoms with Crippen molar-refractivity contribution < 1.29 is 9.47 Å². The van der Waals surface area contributed by atoms with Gasteiger partial charge in [0.2, 0.25) is 0 Å². The Kier molecular flexibility index (Phi) is 7.03. The molecular weight excluding hydrogens is 641 g/mol. The maximum atomic E-state index is 6.37. The molecule has 6 heteroatoms. The molecule has 0 amide bonds. The zero-order valence-corrected chi connectivity index (χ0v) is 27.9. The second-order valence-electron chi connectivity index (χ2n) is 12.6. The van der Waals surface area contributed by atoms with Gasteiger partial charge in [-0.2, -0.15) is 0 Å². The summed E-state index contributed by atoms with van der Waals surface area (Å²) in [4.78, 5) is 13.9. The summed E-state index contributed by atoms with van der Waals surface area (Å²) < 4.78 is 12.7. The van der Waals surface area contributed by atoms with E-state index in [1.165, 1.54) is 0 Å². The third-order valence-corrected chi connectivity index (χ3v) is 9.67. The van der Waals surface area contributed by atoms with Crippen LogP contribution in [0, 0.1) is 0 Å². The predicted molar refractivity (Wildman–Crippen MR) is 208 cm³/mol. The van der Waals surface area contributed by atoms with Crippen LogP contribution in [0.1, 0.15) is 0 Å². The molecule has 0 saturated carbocycles. The molecule has 10 rings (SSSR count).